The number of nitrogens with zero attached hydrogens (tertiary/aromatic N) is 2. The molecule has 0 unspecified atom stereocenters. The lowest BCUT2D eigenvalue weighted by atomic mass is 9.84. The van der Waals surface area contributed by atoms with E-state index in [4.69, 9.17) is 4.99 Å². The lowest BCUT2D eigenvalue weighted by Crippen LogP contribution is -2.39. The van der Waals surface area contributed by atoms with Crippen LogP contribution in [0.25, 0.3) is 0 Å². The lowest BCUT2D eigenvalue weighted by molar-refractivity contribution is -0.133. The molecule has 1 aliphatic heterocycles. The van der Waals surface area contributed by atoms with Crippen LogP contribution in [0.5, 0.6) is 0 Å². The van der Waals surface area contributed by atoms with Gasteiger partial charge in [-0.3, -0.25) is 9.69 Å². The number of hydrogen-bond acceptors (Lipinski definition) is 3. The van der Waals surface area contributed by atoms with E-state index in [0.29, 0.717) is 5.25 Å². The Morgan fingerprint density at radius 2 is 2.20 bits per heavy atom. The molecule has 0 aromatic heterocycles. The Morgan fingerprint density at radius 1 is 1.40 bits per heavy atom. The highest BCUT2D eigenvalue weighted by Gasteiger charge is 2.36. The molecule has 3 nitrogen and oxygen atoms in total. The van der Waals surface area contributed by atoms with Crippen molar-refractivity contribution in [3.8, 4) is 0 Å². The first-order valence-electron chi connectivity index (χ1n) is 7.27. The van der Waals surface area contributed by atoms with Gasteiger partial charge < -0.3 is 0 Å². The maximum Gasteiger partial charge on any atom is 0.231 e. The molecule has 3 rings (SSSR count). The summed E-state index contributed by atoms with van der Waals surface area (Å²) in [7, 11) is 0. The van der Waals surface area contributed by atoms with Crippen molar-refractivity contribution in [2.24, 2.45) is 10.9 Å². The molecule has 0 spiro atoms. The third-order valence-electron chi connectivity index (χ3n) is 3.92. The average molecular weight is 288 g/mol. The van der Waals surface area contributed by atoms with E-state index in [1.807, 2.05) is 17.0 Å². The largest absolute Gasteiger partial charge is 0.290 e. The SMILES string of the molecule is Cc1cccc(N=C2S[C@@H](C)CN2C(=O)C2CCC2)c1. The van der Waals surface area contributed by atoms with Crippen molar-refractivity contribution in [3.63, 3.8) is 0 Å². The summed E-state index contributed by atoms with van der Waals surface area (Å²) < 4.78 is 0. The Morgan fingerprint density at radius 3 is 2.85 bits per heavy atom. The Bertz CT molecular complexity index is 551. The highest BCUT2D eigenvalue weighted by Crippen LogP contribution is 2.34. The van der Waals surface area contributed by atoms with Gasteiger partial charge in [0.2, 0.25) is 5.91 Å². The van der Waals surface area contributed by atoms with Gasteiger partial charge in [-0.1, -0.05) is 37.2 Å². The molecule has 2 aliphatic rings. The second-order valence-corrected chi connectivity index (χ2v) is 7.14. The summed E-state index contributed by atoms with van der Waals surface area (Å²) in [5, 5.41) is 1.31. The molecule has 0 radical (unpaired) electrons. The fourth-order valence-corrected chi connectivity index (χ4v) is 3.60. The van der Waals surface area contributed by atoms with Gasteiger partial charge in [0, 0.05) is 17.7 Å². The van der Waals surface area contributed by atoms with Gasteiger partial charge in [-0.2, -0.15) is 0 Å². The maximum atomic E-state index is 12.5. The summed E-state index contributed by atoms with van der Waals surface area (Å²) in [6, 6.07) is 8.12. The smallest absolute Gasteiger partial charge is 0.231 e. The number of carbonyl (C=O) groups is 1. The van der Waals surface area contributed by atoms with E-state index in [-0.39, 0.29) is 11.8 Å². The quantitative estimate of drug-likeness (QED) is 0.830. The number of aryl methyl sites for hydroxylation is 1. The molecular formula is C16H20N2OS. The van der Waals surface area contributed by atoms with Crippen LogP contribution < -0.4 is 0 Å². The number of aliphatic imine (C=N–C) groups is 1. The van der Waals surface area contributed by atoms with Crippen molar-refractivity contribution in [1.82, 2.24) is 4.90 Å². The van der Waals surface area contributed by atoms with E-state index < -0.39 is 0 Å². The minimum atomic E-state index is 0.239. The van der Waals surface area contributed by atoms with Crippen LogP contribution in [0.15, 0.2) is 29.3 Å². The Balaban J connectivity index is 1.84. The molecule has 4 heteroatoms. The Labute approximate surface area is 124 Å². The predicted molar refractivity (Wildman–Crippen MR) is 84.4 cm³/mol. The van der Waals surface area contributed by atoms with Crippen LogP contribution in [0, 0.1) is 12.8 Å². The van der Waals surface area contributed by atoms with Crippen molar-refractivity contribution in [1.29, 1.82) is 0 Å². The number of amidine groups is 1. The van der Waals surface area contributed by atoms with Crippen molar-refractivity contribution in [3.05, 3.63) is 29.8 Å². The zero-order chi connectivity index (χ0) is 14.1. The van der Waals surface area contributed by atoms with E-state index in [1.54, 1.807) is 11.8 Å². The van der Waals surface area contributed by atoms with Gasteiger partial charge >= 0.3 is 0 Å². The van der Waals surface area contributed by atoms with Crippen molar-refractivity contribution in [2.45, 2.75) is 38.4 Å². The Kier molecular flexibility index (Phi) is 3.83. The van der Waals surface area contributed by atoms with Gasteiger partial charge in [0.15, 0.2) is 5.17 Å². The molecule has 0 bridgehead atoms. The first-order valence-corrected chi connectivity index (χ1v) is 8.15. The lowest BCUT2D eigenvalue weighted by Gasteiger charge is -2.28. The van der Waals surface area contributed by atoms with Gasteiger partial charge in [0.05, 0.1) is 5.69 Å². The molecule has 1 saturated carbocycles. The Hall–Kier alpha value is -1.29. The summed E-state index contributed by atoms with van der Waals surface area (Å²) >= 11 is 1.71. The maximum absolute atomic E-state index is 12.5. The topological polar surface area (TPSA) is 32.7 Å². The van der Waals surface area contributed by atoms with Crippen LogP contribution in [-0.4, -0.2) is 27.8 Å². The second kappa shape index (κ2) is 5.60. The summed E-state index contributed by atoms with van der Waals surface area (Å²) in [6.07, 6.45) is 3.29. The molecule has 1 saturated heterocycles. The van der Waals surface area contributed by atoms with E-state index in [9.17, 15) is 4.79 Å². The number of amides is 1. The van der Waals surface area contributed by atoms with Gasteiger partial charge in [0.1, 0.15) is 0 Å². The molecule has 20 heavy (non-hydrogen) atoms. The van der Waals surface area contributed by atoms with Crippen LogP contribution in [-0.2, 0) is 4.79 Å². The number of rotatable bonds is 2. The van der Waals surface area contributed by atoms with E-state index in [2.05, 4.69) is 26.0 Å². The van der Waals surface area contributed by atoms with Crippen LogP contribution in [0.2, 0.25) is 0 Å². The number of thioether (sulfide) groups is 1. The van der Waals surface area contributed by atoms with Gasteiger partial charge in [-0.25, -0.2) is 4.99 Å². The van der Waals surface area contributed by atoms with Crippen molar-refractivity contribution in [2.75, 3.05) is 6.54 Å². The van der Waals surface area contributed by atoms with E-state index >= 15 is 0 Å². The number of carbonyl (C=O) groups excluding carboxylic acids is 1. The molecule has 0 N–H and O–H groups in total. The number of hydrogen-bond donors (Lipinski definition) is 0. The first-order chi connectivity index (χ1) is 9.63. The van der Waals surface area contributed by atoms with Crippen LogP contribution in [0.4, 0.5) is 5.69 Å². The second-order valence-electron chi connectivity index (χ2n) is 5.74. The molecule has 1 aromatic carbocycles. The summed E-state index contributed by atoms with van der Waals surface area (Å²) in [4.78, 5) is 19.1. The van der Waals surface area contributed by atoms with Crippen molar-refractivity contribution >= 4 is 28.5 Å². The summed E-state index contributed by atoms with van der Waals surface area (Å²) in [5.41, 5.74) is 2.13. The van der Waals surface area contributed by atoms with Crippen LogP contribution in [0.1, 0.15) is 31.7 Å². The molecule has 1 aromatic rings. The van der Waals surface area contributed by atoms with Crippen molar-refractivity contribution < 1.29 is 4.79 Å². The normalized spacial score (nSPS) is 25.0. The molecular weight excluding hydrogens is 268 g/mol. The average Bonchev–Trinajstić information content (AvgIpc) is 2.68. The molecule has 106 valence electrons. The first kappa shape index (κ1) is 13.7. The third-order valence-corrected chi connectivity index (χ3v) is 5.00. The molecule has 1 aliphatic carbocycles. The fourth-order valence-electron chi connectivity index (χ4n) is 2.57. The molecule has 2 fully saturated rings. The predicted octanol–water partition coefficient (Wildman–Crippen LogP) is 3.75. The zero-order valence-electron chi connectivity index (χ0n) is 12.0. The van der Waals surface area contributed by atoms with Gasteiger partial charge in [-0.15, -0.1) is 0 Å². The molecule has 1 amide bonds. The molecule has 1 heterocycles. The summed E-state index contributed by atoms with van der Waals surface area (Å²) in [5.74, 6) is 0.517. The minimum absolute atomic E-state index is 0.239. The highest BCUT2D eigenvalue weighted by molar-refractivity contribution is 8.14. The fraction of sp³-hybridized carbons (Fsp3) is 0.500. The number of benzene rings is 1. The standard InChI is InChI=1S/C16H20N2OS/c1-11-5-3-8-14(9-11)17-16-18(10-12(2)20-16)15(19)13-6-4-7-13/h3,5,8-9,12-13H,4,6-7,10H2,1-2H3/t12-/m0/s1. The van der Waals surface area contributed by atoms with Gasteiger partial charge in [0.25, 0.3) is 0 Å². The minimum Gasteiger partial charge on any atom is -0.290 e. The van der Waals surface area contributed by atoms with Crippen LogP contribution >= 0.6 is 11.8 Å². The third kappa shape index (κ3) is 2.75. The van der Waals surface area contributed by atoms with Gasteiger partial charge in [-0.05, 0) is 37.5 Å². The summed E-state index contributed by atoms with van der Waals surface area (Å²) in [6.45, 7) is 5.01. The van der Waals surface area contributed by atoms with Crippen LogP contribution in [0.3, 0.4) is 0 Å². The molecule has 1 atom stereocenters. The highest BCUT2D eigenvalue weighted by atomic mass is 32.2. The van der Waals surface area contributed by atoms with E-state index in [1.165, 1.54) is 12.0 Å². The van der Waals surface area contributed by atoms with E-state index in [0.717, 1.165) is 30.2 Å². The zero-order valence-corrected chi connectivity index (χ0v) is 12.8. The monoisotopic (exact) mass is 288 g/mol.